The summed E-state index contributed by atoms with van der Waals surface area (Å²) in [5, 5.41) is 8.71. The topological polar surface area (TPSA) is 40.9 Å². The number of ketones is 1. The van der Waals surface area contributed by atoms with E-state index in [0.29, 0.717) is 6.42 Å². The Bertz CT molecular complexity index is 181. The number of Topliss-reactive ketones (excluding diaryl/α,β-unsaturated/α-hetero) is 1. The third-order valence-corrected chi connectivity index (χ3v) is 2.15. The minimum atomic E-state index is -0.346. The number of nitriles is 1. The Morgan fingerprint density at radius 1 is 1.31 bits per heavy atom. The summed E-state index contributed by atoms with van der Waals surface area (Å²) in [6, 6.07) is 2.08. The number of nitrogens with zero attached hydrogens (tertiary/aromatic N) is 1. The second-order valence-corrected chi connectivity index (χ2v) is 3.39. The van der Waals surface area contributed by atoms with E-state index in [1.165, 1.54) is 0 Å². The molecule has 0 amide bonds. The van der Waals surface area contributed by atoms with Crippen molar-refractivity contribution < 1.29 is 4.79 Å². The Labute approximate surface area is 80.9 Å². The molecule has 0 aromatic carbocycles. The van der Waals surface area contributed by atoms with E-state index in [2.05, 4.69) is 13.0 Å². The maximum atomic E-state index is 11.4. The van der Waals surface area contributed by atoms with E-state index in [-0.39, 0.29) is 11.7 Å². The maximum absolute atomic E-state index is 11.4. The van der Waals surface area contributed by atoms with Gasteiger partial charge >= 0.3 is 0 Å². The largest absolute Gasteiger partial charge is 0.298 e. The number of rotatable bonds is 7. The van der Waals surface area contributed by atoms with E-state index >= 15 is 0 Å². The van der Waals surface area contributed by atoms with Gasteiger partial charge in [0.05, 0.1) is 6.07 Å². The first-order valence-electron chi connectivity index (χ1n) is 5.18. The Morgan fingerprint density at radius 2 is 2.00 bits per heavy atom. The van der Waals surface area contributed by atoms with Crippen molar-refractivity contribution in [1.82, 2.24) is 0 Å². The summed E-state index contributed by atoms with van der Waals surface area (Å²) in [5.41, 5.74) is 0. The van der Waals surface area contributed by atoms with Crippen molar-refractivity contribution in [3.05, 3.63) is 0 Å². The van der Waals surface area contributed by atoms with Crippen molar-refractivity contribution in [3.8, 4) is 6.07 Å². The highest BCUT2D eigenvalue weighted by atomic mass is 16.1. The Balaban J connectivity index is 3.73. The van der Waals surface area contributed by atoms with E-state index in [1.54, 1.807) is 0 Å². The van der Waals surface area contributed by atoms with Gasteiger partial charge in [-0.25, -0.2) is 0 Å². The van der Waals surface area contributed by atoms with Crippen LogP contribution in [-0.2, 0) is 4.79 Å². The highest BCUT2D eigenvalue weighted by Gasteiger charge is 2.15. The molecular formula is C11H19NO. The molecule has 0 aliphatic heterocycles. The molecule has 1 unspecified atom stereocenters. The van der Waals surface area contributed by atoms with Gasteiger partial charge in [-0.3, -0.25) is 4.79 Å². The number of hydrogen-bond donors (Lipinski definition) is 0. The summed E-state index contributed by atoms with van der Waals surface area (Å²) < 4.78 is 0. The zero-order valence-corrected chi connectivity index (χ0v) is 8.68. The SMILES string of the molecule is CCCCCC(=O)C(C#N)CCC. The normalized spacial score (nSPS) is 12.1. The molecule has 74 valence electrons. The van der Waals surface area contributed by atoms with Crippen LogP contribution in [0.15, 0.2) is 0 Å². The summed E-state index contributed by atoms with van der Waals surface area (Å²) in [6.45, 7) is 4.11. The van der Waals surface area contributed by atoms with E-state index in [9.17, 15) is 4.79 Å². The van der Waals surface area contributed by atoms with Crippen LogP contribution in [0.25, 0.3) is 0 Å². The maximum Gasteiger partial charge on any atom is 0.149 e. The fraction of sp³-hybridized carbons (Fsp3) is 0.818. The van der Waals surface area contributed by atoms with E-state index in [1.807, 2.05) is 6.92 Å². The van der Waals surface area contributed by atoms with Gasteiger partial charge in [-0.05, 0) is 12.8 Å². The van der Waals surface area contributed by atoms with Crippen molar-refractivity contribution >= 4 is 5.78 Å². The molecule has 0 saturated carbocycles. The molecule has 0 N–H and O–H groups in total. The first kappa shape index (κ1) is 12.2. The molecule has 0 aliphatic rings. The summed E-state index contributed by atoms with van der Waals surface area (Å²) in [5.74, 6) is -0.209. The number of unbranched alkanes of at least 4 members (excludes halogenated alkanes) is 2. The number of carbonyl (C=O) groups is 1. The summed E-state index contributed by atoms with van der Waals surface area (Å²) in [7, 11) is 0. The highest BCUT2D eigenvalue weighted by molar-refractivity contribution is 5.83. The van der Waals surface area contributed by atoms with Gasteiger partial charge in [-0.2, -0.15) is 5.26 Å². The molecule has 0 radical (unpaired) electrons. The van der Waals surface area contributed by atoms with Crippen LogP contribution in [0.5, 0.6) is 0 Å². The smallest absolute Gasteiger partial charge is 0.149 e. The summed E-state index contributed by atoms with van der Waals surface area (Å²) in [6.07, 6.45) is 5.39. The van der Waals surface area contributed by atoms with Crippen LogP contribution in [-0.4, -0.2) is 5.78 Å². The van der Waals surface area contributed by atoms with Gasteiger partial charge < -0.3 is 0 Å². The molecule has 0 saturated heterocycles. The van der Waals surface area contributed by atoms with Crippen molar-refractivity contribution in [1.29, 1.82) is 5.26 Å². The predicted octanol–water partition coefficient (Wildman–Crippen LogP) is 3.08. The number of hydrogen-bond acceptors (Lipinski definition) is 2. The first-order chi connectivity index (χ1) is 6.26. The predicted molar refractivity (Wildman–Crippen MR) is 53.2 cm³/mol. The van der Waals surface area contributed by atoms with Crippen molar-refractivity contribution in [2.75, 3.05) is 0 Å². The monoisotopic (exact) mass is 181 g/mol. The van der Waals surface area contributed by atoms with Crippen molar-refractivity contribution in [2.45, 2.75) is 52.4 Å². The fourth-order valence-electron chi connectivity index (χ4n) is 1.31. The summed E-state index contributed by atoms with van der Waals surface area (Å²) in [4.78, 5) is 11.4. The molecule has 0 aromatic heterocycles. The van der Waals surface area contributed by atoms with E-state index in [4.69, 9.17) is 5.26 Å². The quantitative estimate of drug-likeness (QED) is 0.566. The molecule has 2 heteroatoms. The summed E-state index contributed by atoms with van der Waals surface area (Å²) >= 11 is 0. The average molecular weight is 181 g/mol. The van der Waals surface area contributed by atoms with Crippen LogP contribution in [0, 0.1) is 17.2 Å². The minimum Gasteiger partial charge on any atom is -0.298 e. The third kappa shape index (κ3) is 5.41. The second-order valence-electron chi connectivity index (χ2n) is 3.39. The standard InChI is InChI=1S/C11H19NO/c1-3-5-6-8-11(13)10(9-12)7-4-2/h10H,3-8H2,1-2H3. The van der Waals surface area contributed by atoms with Crippen molar-refractivity contribution in [3.63, 3.8) is 0 Å². The van der Waals surface area contributed by atoms with Crippen molar-refractivity contribution in [2.24, 2.45) is 5.92 Å². The lowest BCUT2D eigenvalue weighted by molar-refractivity contribution is -0.121. The molecule has 13 heavy (non-hydrogen) atoms. The molecular weight excluding hydrogens is 162 g/mol. The lowest BCUT2D eigenvalue weighted by atomic mass is 9.96. The molecule has 0 fully saturated rings. The van der Waals surface area contributed by atoms with Crippen LogP contribution in [0.2, 0.25) is 0 Å². The lowest BCUT2D eigenvalue weighted by Crippen LogP contribution is -2.11. The lowest BCUT2D eigenvalue weighted by Gasteiger charge is -2.05. The van der Waals surface area contributed by atoms with Gasteiger partial charge in [0, 0.05) is 6.42 Å². The average Bonchev–Trinajstić information content (AvgIpc) is 2.14. The van der Waals surface area contributed by atoms with Crippen LogP contribution >= 0.6 is 0 Å². The molecule has 0 aromatic rings. The molecule has 0 aliphatic carbocycles. The van der Waals surface area contributed by atoms with Gasteiger partial charge in [0.25, 0.3) is 0 Å². The Hall–Kier alpha value is -0.840. The van der Waals surface area contributed by atoms with Gasteiger partial charge in [0.2, 0.25) is 0 Å². The number of carbonyl (C=O) groups excluding carboxylic acids is 1. The van der Waals surface area contributed by atoms with Crippen LogP contribution in [0.3, 0.4) is 0 Å². The molecule has 0 rings (SSSR count). The fourth-order valence-corrected chi connectivity index (χ4v) is 1.31. The highest BCUT2D eigenvalue weighted by Crippen LogP contribution is 2.11. The third-order valence-electron chi connectivity index (χ3n) is 2.15. The van der Waals surface area contributed by atoms with Gasteiger partial charge in [0.15, 0.2) is 0 Å². The van der Waals surface area contributed by atoms with Gasteiger partial charge in [0.1, 0.15) is 11.7 Å². The first-order valence-corrected chi connectivity index (χ1v) is 5.18. The second kappa shape index (κ2) is 7.79. The zero-order chi connectivity index (χ0) is 10.1. The molecule has 0 heterocycles. The molecule has 2 nitrogen and oxygen atoms in total. The van der Waals surface area contributed by atoms with Gasteiger partial charge in [-0.15, -0.1) is 0 Å². The van der Waals surface area contributed by atoms with Crippen LogP contribution in [0.4, 0.5) is 0 Å². The van der Waals surface area contributed by atoms with Crippen LogP contribution < -0.4 is 0 Å². The Kier molecular flexibility index (Phi) is 7.29. The Morgan fingerprint density at radius 3 is 2.46 bits per heavy atom. The van der Waals surface area contributed by atoms with Gasteiger partial charge in [-0.1, -0.05) is 33.1 Å². The minimum absolute atomic E-state index is 0.137. The molecule has 1 atom stereocenters. The van der Waals surface area contributed by atoms with Crippen LogP contribution in [0.1, 0.15) is 52.4 Å². The van der Waals surface area contributed by atoms with E-state index < -0.39 is 0 Å². The zero-order valence-electron chi connectivity index (χ0n) is 8.68. The van der Waals surface area contributed by atoms with E-state index in [0.717, 1.165) is 32.1 Å². The molecule has 0 spiro atoms. The molecule has 0 bridgehead atoms.